The second-order valence-electron chi connectivity index (χ2n) is 4.10. The molecule has 1 aliphatic rings. The Kier molecular flexibility index (Phi) is 2.86. The van der Waals surface area contributed by atoms with Crippen LogP contribution in [0, 0.1) is 0 Å². The van der Waals surface area contributed by atoms with Crippen molar-refractivity contribution < 1.29 is 4.74 Å². The number of rotatable bonds is 4. The fourth-order valence-electron chi connectivity index (χ4n) is 1.46. The van der Waals surface area contributed by atoms with Gasteiger partial charge in [-0.3, -0.25) is 0 Å². The molecule has 0 bridgehead atoms. The van der Waals surface area contributed by atoms with Gasteiger partial charge in [-0.2, -0.15) is 4.98 Å². The van der Waals surface area contributed by atoms with Gasteiger partial charge in [0.1, 0.15) is 5.82 Å². The molecule has 4 nitrogen and oxygen atoms in total. The van der Waals surface area contributed by atoms with Gasteiger partial charge < -0.3 is 10.5 Å². The summed E-state index contributed by atoms with van der Waals surface area (Å²) >= 11 is 0. The molecule has 1 unspecified atom stereocenters. The van der Waals surface area contributed by atoms with E-state index < -0.39 is 0 Å². The molecule has 1 atom stereocenters. The molecule has 1 aromatic heterocycles. The van der Waals surface area contributed by atoms with Crippen molar-refractivity contribution in [2.45, 2.75) is 31.6 Å². The Hall–Kier alpha value is -1.16. The SMILES string of the molecule is COc1cc(C(C)CN)nc(C2CC2)n1. The largest absolute Gasteiger partial charge is 0.481 e. The van der Waals surface area contributed by atoms with Crippen molar-refractivity contribution in [3.05, 3.63) is 17.6 Å². The maximum Gasteiger partial charge on any atom is 0.216 e. The lowest BCUT2D eigenvalue weighted by Gasteiger charge is -2.10. The summed E-state index contributed by atoms with van der Waals surface area (Å²) < 4.78 is 5.18. The van der Waals surface area contributed by atoms with Crippen LogP contribution in [0.2, 0.25) is 0 Å². The molecule has 0 spiro atoms. The summed E-state index contributed by atoms with van der Waals surface area (Å²) in [5.74, 6) is 2.38. The molecule has 0 aromatic carbocycles. The van der Waals surface area contributed by atoms with E-state index >= 15 is 0 Å². The van der Waals surface area contributed by atoms with Gasteiger partial charge in [0.25, 0.3) is 0 Å². The molecule has 0 saturated heterocycles. The van der Waals surface area contributed by atoms with Gasteiger partial charge in [-0.15, -0.1) is 0 Å². The van der Waals surface area contributed by atoms with Crippen LogP contribution in [-0.2, 0) is 0 Å². The lowest BCUT2D eigenvalue weighted by molar-refractivity contribution is 0.393. The predicted octanol–water partition coefficient (Wildman–Crippen LogP) is 1.42. The van der Waals surface area contributed by atoms with E-state index in [9.17, 15) is 0 Å². The summed E-state index contributed by atoms with van der Waals surface area (Å²) in [7, 11) is 1.63. The summed E-state index contributed by atoms with van der Waals surface area (Å²) in [5.41, 5.74) is 6.63. The van der Waals surface area contributed by atoms with Gasteiger partial charge in [-0.25, -0.2) is 4.98 Å². The predicted molar refractivity (Wildman–Crippen MR) is 58.0 cm³/mol. The molecular formula is C11H17N3O. The number of methoxy groups -OCH3 is 1. The standard InChI is InChI=1S/C11H17N3O/c1-7(6-12)9-5-10(15-2)14-11(13-9)8-3-4-8/h5,7-8H,3-4,6,12H2,1-2H3. The first-order valence-electron chi connectivity index (χ1n) is 5.37. The van der Waals surface area contributed by atoms with Crippen molar-refractivity contribution in [1.29, 1.82) is 0 Å². The number of ether oxygens (including phenoxy) is 1. The molecule has 82 valence electrons. The van der Waals surface area contributed by atoms with Crippen LogP contribution in [0.15, 0.2) is 6.07 Å². The quantitative estimate of drug-likeness (QED) is 0.811. The van der Waals surface area contributed by atoms with E-state index in [1.54, 1.807) is 7.11 Å². The van der Waals surface area contributed by atoms with Gasteiger partial charge in [0.15, 0.2) is 0 Å². The Morgan fingerprint density at radius 1 is 1.53 bits per heavy atom. The summed E-state index contributed by atoms with van der Waals surface area (Å²) in [6, 6.07) is 1.88. The van der Waals surface area contributed by atoms with Gasteiger partial charge in [-0.1, -0.05) is 6.92 Å². The van der Waals surface area contributed by atoms with Crippen LogP contribution in [0.3, 0.4) is 0 Å². The first kappa shape index (κ1) is 10.4. The first-order valence-corrected chi connectivity index (χ1v) is 5.37. The van der Waals surface area contributed by atoms with Crippen molar-refractivity contribution in [1.82, 2.24) is 9.97 Å². The third kappa shape index (κ3) is 2.26. The first-order chi connectivity index (χ1) is 7.24. The number of nitrogens with two attached hydrogens (primary N) is 1. The van der Waals surface area contributed by atoms with Gasteiger partial charge in [0, 0.05) is 24.4 Å². The highest BCUT2D eigenvalue weighted by Crippen LogP contribution is 2.39. The highest BCUT2D eigenvalue weighted by molar-refractivity contribution is 5.22. The van der Waals surface area contributed by atoms with Crippen LogP contribution in [0.25, 0.3) is 0 Å². The summed E-state index contributed by atoms with van der Waals surface area (Å²) in [5, 5.41) is 0. The van der Waals surface area contributed by atoms with Crippen molar-refractivity contribution in [2.75, 3.05) is 13.7 Å². The van der Waals surface area contributed by atoms with Crippen molar-refractivity contribution >= 4 is 0 Å². The average Bonchev–Trinajstić information content (AvgIpc) is 3.11. The van der Waals surface area contributed by atoms with Crippen LogP contribution >= 0.6 is 0 Å². The molecule has 1 fully saturated rings. The van der Waals surface area contributed by atoms with E-state index in [0.717, 1.165) is 11.5 Å². The van der Waals surface area contributed by atoms with Crippen LogP contribution in [0.4, 0.5) is 0 Å². The third-order valence-electron chi connectivity index (χ3n) is 2.75. The highest BCUT2D eigenvalue weighted by Gasteiger charge is 2.27. The Balaban J connectivity index is 2.32. The lowest BCUT2D eigenvalue weighted by atomic mass is 10.1. The molecule has 2 N–H and O–H groups in total. The van der Waals surface area contributed by atoms with Gasteiger partial charge in [0.05, 0.1) is 12.8 Å². The zero-order valence-corrected chi connectivity index (χ0v) is 9.23. The van der Waals surface area contributed by atoms with Gasteiger partial charge in [-0.05, 0) is 12.8 Å². The van der Waals surface area contributed by atoms with Crippen molar-refractivity contribution in [3.63, 3.8) is 0 Å². The maximum absolute atomic E-state index is 5.64. The molecular weight excluding hydrogens is 190 g/mol. The normalized spacial score (nSPS) is 17.5. The van der Waals surface area contributed by atoms with Crippen LogP contribution in [0.5, 0.6) is 5.88 Å². The number of aromatic nitrogens is 2. The summed E-state index contributed by atoms with van der Waals surface area (Å²) in [6.45, 7) is 2.67. The number of nitrogens with zero attached hydrogens (tertiary/aromatic N) is 2. The Bertz CT molecular complexity index is 350. The molecule has 1 saturated carbocycles. The minimum absolute atomic E-state index is 0.263. The van der Waals surface area contributed by atoms with Crippen molar-refractivity contribution in [2.24, 2.45) is 5.73 Å². The molecule has 1 aromatic rings. The van der Waals surface area contributed by atoms with Crippen LogP contribution in [-0.4, -0.2) is 23.6 Å². The molecule has 2 rings (SSSR count). The van der Waals surface area contributed by atoms with Gasteiger partial charge in [0.2, 0.25) is 5.88 Å². The molecule has 0 amide bonds. The Morgan fingerprint density at radius 3 is 2.80 bits per heavy atom. The highest BCUT2D eigenvalue weighted by atomic mass is 16.5. The second-order valence-corrected chi connectivity index (χ2v) is 4.10. The Labute approximate surface area is 89.9 Å². The van der Waals surface area contributed by atoms with Crippen molar-refractivity contribution in [3.8, 4) is 5.88 Å². The zero-order chi connectivity index (χ0) is 10.8. The van der Waals surface area contributed by atoms with E-state index in [1.165, 1.54) is 12.8 Å². The van der Waals surface area contributed by atoms with Crippen LogP contribution < -0.4 is 10.5 Å². The smallest absolute Gasteiger partial charge is 0.216 e. The third-order valence-corrected chi connectivity index (χ3v) is 2.75. The van der Waals surface area contributed by atoms with Crippen LogP contribution in [0.1, 0.15) is 43.1 Å². The van der Waals surface area contributed by atoms with E-state index in [4.69, 9.17) is 10.5 Å². The molecule has 1 heterocycles. The Morgan fingerprint density at radius 2 is 2.27 bits per heavy atom. The van der Waals surface area contributed by atoms with Gasteiger partial charge >= 0.3 is 0 Å². The summed E-state index contributed by atoms with van der Waals surface area (Å²) in [4.78, 5) is 8.90. The van der Waals surface area contributed by atoms with E-state index in [0.29, 0.717) is 18.3 Å². The second kappa shape index (κ2) is 4.14. The van der Waals surface area contributed by atoms with E-state index in [2.05, 4.69) is 16.9 Å². The minimum atomic E-state index is 0.263. The fourth-order valence-corrected chi connectivity index (χ4v) is 1.46. The monoisotopic (exact) mass is 207 g/mol. The number of hydrogen-bond donors (Lipinski definition) is 1. The molecule has 1 aliphatic carbocycles. The van der Waals surface area contributed by atoms with E-state index in [1.807, 2.05) is 6.07 Å². The topological polar surface area (TPSA) is 61.0 Å². The lowest BCUT2D eigenvalue weighted by Crippen LogP contribution is -2.12. The zero-order valence-electron chi connectivity index (χ0n) is 9.23. The summed E-state index contributed by atoms with van der Waals surface area (Å²) in [6.07, 6.45) is 2.40. The average molecular weight is 207 g/mol. The molecule has 15 heavy (non-hydrogen) atoms. The van der Waals surface area contributed by atoms with E-state index in [-0.39, 0.29) is 5.92 Å². The molecule has 0 aliphatic heterocycles. The molecule has 0 radical (unpaired) electrons. The maximum atomic E-state index is 5.64. The fraction of sp³-hybridized carbons (Fsp3) is 0.636. The number of hydrogen-bond acceptors (Lipinski definition) is 4. The minimum Gasteiger partial charge on any atom is -0.481 e. The molecule has 4 heteroatoms.